The average Bonchev–Trinajstić information content (AvgIpc) is 3.10. The van der Waals surface area contributed by atoms with E-state index in [2.05, 4.69) is 15.5 Å². The summed E-state index contributed by atoms with van der Waals surface area (Å²) in [6.07, 6.45) is -4.34. The van der Waals surface area contributed by atoms with Gasteiger partial charge in [0.25, 0.3) is 0 Å². The Balaban J connectivity index is 1.60. The largest absolute Gasteiger partial charge is 0.459 e. The Hall–Kier alpha value is -2.13. The van der Waals surface area contributed by atoms with E-state index < -0.39 is 12.6 Å². The summed E-state index contributed by atoms with van der Waals surface area (Å²) in [5, 5.41) is 7.14. The van der Waals surface area contributed by atoms with Crippen LogP contribution in [-0.4, -0.2) is 49.7 Å². The molecule has 0 spiro atoms. The maximum atomic E-state index is 12.5. The lowest BCUT2D eigenvalue weighted by atomic mass is 9.85. The van der Waals surface area contributed by atoms with E-state index in [0.717, 1.165) is 18.5 Å². The van der Waals surface area contributed by atoms with Gasteiger partial charge in [0.15, 0.2) is 0 Å². The van der Waals surface area contributed by atoms with Crippen molar-refractivity contribution in [1.29, 1.82) is 0 Å². The summed E-state index contributed by atoms with van der Waals surface area (Å²) in [6.45, 7) is 2.22. The van der Waals surface area contributed by atoms with Crippen molar-refractivity contribution in [3.05, 3.63) is 41.3 Å². The monoisotopic (exact) mass is 385 g/mol. The third-order valence-corrected chi connectivity index (χ3v) is 4.50. The van der Waals surface area contributed by atoms with Gasteiger partial charge in [0.05, 0.1) is 18.9 Å². The quantitative estimate of drug-likeness (QED) is 0.739. The van der Waals surface area contributed by atoms with Crippen molar-refractivity contribution in [1.82, 2.24) is 15.5 Å². The van der Waals surface area contributed by atoms with Gasteiger partial charge >= 0.3 is 12.2 Å². The minimum Gasteiger partial charge on any atom is -0.459 e. The number of benzene rings is 1. The summed E-state index contributed by atoms with van der Waals surface area (Å²) in [5.74, 6) is 0.674. The van der Waals surface area contributed by atoms with Gasteiger partial charge in [0.2, 0.25) is 5.89 Å². The molecule has 1 N–H and O–H groups in total. The number of nitrogens with zero attached hydrogens (tertiary/aromatic N) is 2. The standard InChI is InChI=1S/C18H22F3N3O3/c1-25-6-7-26-17-23-16(27-24-17)15-8-14(10-22-11-15)13-4-2-12(3-5-13)9-18(19,20)21/h2-5,14-15,22H,6-11H2,1H3. The van der Waals surface area contributed by atoms with Crippen molar-refractivity contribution < 1.29 is 27.2 Å². The Morgan fingerprint density at radius 2 is 1.89 bits per heavy atom. The Labute approximate surface area is 155 Å². The smallest absolute Gasteiger partial charge is 0.393 e. The second-order valence-corrected chi connectivity index (χ2v) is 6.58. The number of alkyl halides is 3. The Morgan fingerprint density at radius 1 is 1.15 bits per heavy atom. The van der Waals surface area contributed by atoms with Gasteiger partial charge < -0.3 is 19.3 Å². The first-order valence-electron chi connectivity index (χ1n) is 8.76. The van der Waals surface area contributed by atoms with Crippen molar-refractivity contribution in [2.45, 2.75) is 30.9 Å². The number of ether oxygens (including phenoxy) is 2. The molecule has 6 nitrogen and oxygen atoms in total. The normalized spacial score (nSPS) is 20.6. The summed E-state index contributed by atoms with van der Waals surface area (Å²) >= 11 is 0. The molecule has 0 saturated carbocycles. The van der Waals surface area contributed by atoms with Crippen LogP contribution in [0.15, 0.2) is 28.8 Å². The molecule has 1 saturated heterocycles. The third kappa shape index (κ3) is 5.67. The van der Waals surface area contributed by atoms with Crippen LogP contribution in [0.3, 0.4) is 0 Å². The summed E-state index contributed by atoms with van der Waals surface area (Å²) in [4.78, 5) is 4.27. The third-order valence-electron chi connectivity index (χ3n) is 4.50. The number of methoxy groups -OCH3 is 1. The van der Waals surface area contributed by atoms with Gasteiger partial charge in [-0.25, -0.2) is 0 Å². The summed E-state index contributed by atoms with van der Waals surface area (Å²) in [7, 11) is 1.58. The van der Waals surface area contributed by atoms with E-state index in [-0.39, 0.29) is 23.4 Å². The number of nitrogens with one attached hydrogen (secondary N) is 1. The fourth-order valence-corrected chi connectivity index (χ4v) is 3.18. The number of hydrogen-bond acceptors (Lipinski definition) is 6. The lowest BCUT2D eigenvalue weighted by Crippen LogP contribution is -2.34. The molecule has 148 valence electrons. The second-order valence-electron chi connectivity index (χ2n) is 6.58. The van der Waals surface area contributed by atoms with Gasteiger partial charge in [-0.1, -0.05) is 24.3 Å². The molecule has 1 aromatic carbocycles. The molecule has 3 rings (SSSR count). The van der Waals surface area contributed by atoms with E-state index in [1.165, 1.54) is 0 Å². The van der Waals surface area contributed by atoms with Gasteiger partial charge in [-0.15, -0.1) is 0 Å². The molecule has 27 heavy (non-hydrogen) atoms. The first kappa shape index (κ1) is 19.6. The number of piperidine rings is 1. The molecule has 0 radical (unpaired) electrons. The van der Waals surface area contributed by atoms with Crippen LogP contribution in [0.5, 0.6) is 6.01 Å². The first-order chi connectivity index (χ1) is 12.9. The van der Waals surface area contributed by atoms with Crippen LogP contribution < -0.4 is 10.1 Å². The highest BCUT2D eigenvalue weighted by atomic mass is 19.4. The topological polar surface area (TPSA) is 69.4 Å². The zero-order valence-corrected chi connectivity index (χ0v) is 15.0. The fraction of sp³-hybridized carbons (Fsp3) is 0.556. The van der Waals surface area contributed by atoms with Crippen molar-refractivity contribution in [2.75, 3.05) is 33.4 Å². The summed E-state index contributed by atoms with van der Waals surface area (Å²) in [5.41, 5.74) is 1.26. The molecule has 2 atom stereocenters. The molecule has 0 aliphatic carbocycles. The van der Waals surface area contributed by atoms with E-state index in [1.807, 2.05) is 0 Å². The number of rotatable bonds is 7. The van der Waals surface area contributed by atoms with Crippen LogP contribution in [0.1, 0.15) is 35.3 Å². The van der Waals surface area contributed by atoms with Crippen LogP contribution in [0.25, 0.3) is 0 Å². The van der Waals surface area contributed by atoms with Crippen molar-refractivity contribution in [3.63, 3.8) is 0 Å². The summed E-state index contributed by atoms with van der Waals surface area (Å²) in [6, 6.07) is 6.80. The van der Waals surface area contributed by atoms with E-state index in [1.54, 1.807) is 31.4 Å². The number of aromatic nitrogens is 2. The number of hydrogen-bond donors (Lipinski definition) is 1. The average molecular weight is 385 g/mol. The van der Waals surface area contributed by atoms with Crippen LogP contribution >= 0.6 is 0 Å². The van der Waals surface area contributed by atoms with Crippen LogP contribution in [-0.2, 0) is 11.2 Å². The highest BCUT2D eigenvalue weighted by molar-refractivity contribution is 5.27. The van der Waals surface area contributed by atoms with Crippen LogP contribution in [0.2, 0.25) is 0 Å². The van der Waals surface area contributed by atoms with Crippen molar-refractivity contribution in [3.8, 4) is 6.01 Å². The highest BCUT2D eigenvalue weighted by Gasteiger charge is 2.30. The fourth-order valence-electron chi connectivity index (χ4n) is 3.18. The molecule has 1 aromatic heterocycles. The highest BCUT2D eigenvalue weighted by Crippen LogP contribution is 2.33. The molecule has 2 heterocycles. The molecule has 0 amide bonds. The van der Waals surface area contributed by atoms with Crippen LogP contribution in [0.4, 0.5) is 13.2 Å². The summed E-state index contributed by atoms with van der Waals surface area (Å²) < 4.78 is 53.0. The molecule has 0 bridgehead atoms. The molecule has 9 heteroatoms. The minimum absolute atomic E-state index is 0.0193. The Kier molecular flexibility index (Phi) is 6.33. The van der Waals surface area contributed by atoms with Gasteiger partial charge in [0, 0.05) is 20.2 Å². The molecule has 2 unspecified atom stereocenters. The molecule has 2 aromatic rings. The lowest BCUT2D eigenvalue weighted by Gasteiger charge is -2.28. The van der Waals surface area contributed by atoms with Crippen molar-refractivity contribution in [2.24, 2.45) is 0 Å². The molecule has 1 aliphatic heterocycles. The zero-order valence-electron chi connectivity index (χ0n) is 15.0. The second kappa shape index (κ2) is 8.71. The van der Waals surface area contributed by atoms with E-state index in [0.29, 0.717) is 25.6 Å². The van der Waals surface area contributed by atoms with E-state index in [9.17, 15) is 13.2 Å². The minimum atomic E-state index is -4.19. The van der Waals surface area contributed by atoms with Crippen molar-refractivity contribution >= 4 is 0 Å². The van der Waals surface area contributed by atoms with Gasteiger partial charge in [-0.2, -0.15) is 18.2 Å². The SMILES string of the molecule is COCCOc1noc(C2CNCC(c3ccc(CC(F)(F)F)cc3)C2)n1. The predicted molar refractivity (Wildman–Crippen MR) is 90.8 cm³/mol. The maximum Gasteiger partial charge on any atom is 0.393 e. The van der Waals surface area contributed by atoms with E-state index >= 15 is 0 Å². The van der Waals surface area contributed by atoms with Crippen LogP contribution in [0, 0.1) is 0 Å². The first-order valence-corrected chi connectivity index (χ1v) is 8.76. The van der Waals surface area contributed by atoms with Gasteiger partial charge in [-0.05, 0) is 28.6 Å². The lowest BCUT2D eigenvalue weighted by molar-refractivity contribution is -0.127. The van der Waals surface area contributed by atoms with E-state index in [4.69, 9.17) is 14.0 Å². The molecule has 1 fully saturated rings. The predicted octanol–water partition coefficient (Wildman–Crippen LogP) is 3.06. The molecule has 1 aliphatic rings. The zero-order chi connectivity index (χ0) is 19.3. The van der Waals surface area contributed by atoms with Gasteiger partial charge in [-0.3, -0.25) is 0 Å². The maximum absolute atomic E-state index is 12.5. The number of halogens is 3. The molecular formula is C18H22F3N3O3. The van der Waals surface area contributed by atoms with Gasteiger partial charge in [0.1, 0.15) is 6.61 Å². The molecular weight excluding hydrogens is 363 g/mol. The Bertz CT molecular complexity index is 719. The Morgan fingerprint density at radius 3 is 2.59 bits per heavy atom.